The van der Waals surface area contributed by atoms with E-state index in [1.807, 2.05) is 0 Å². The Bertz CT molecular complexity index is 707. The number of benzene rings is 1. The van der Waals surface area contributed by atoms with E-state index in [0.29, 0.717) is 22.5 Å². The zero-order chi connectivity index (χ0) is 15.7. The molecule has 0 radical (unpaired) electrons. The van der Waals surface area contributed by atoms with E-state index in [1.54, 1.807) is 0 Å². The van der Waals surface area contributed by atoms with Crippen molar-refractivity contribution in [2.75, 3.05) is 25.0 Å². The van der Waals surface area contributed by atoms with Gasteiger partial charge >= 0.3 is 0 Å². The quantitative estimate of drug-likeness (QED) is 0.673. The predicted molar refractivity (Wildman–Crippen MR) is 91.7 cm³/mol. The highest BCUT2D eigenvalue weighted by Gasteiger charge is 2.25. The van der Waals surface area contributed by atoms with Gasteiger partial charge < -0.3 is 15.4 Å². The fourth-order valence-electron chi connectivity index (χ4n) is 2.51. The molecule has 0 bridgehead atoms. The van der Waals surface area contributed by atoms with Crippen LogP contribution < -0.4 is 20.1 Å². The van der Waals surface area contributed by atoms with Gasteiger partial charge in [-0.05, 0) is 41.4 Å². The van der Waals surface area contributed by atoms with E-state index in [1.165, 1.54) is 12.1 Å². The molecule has 0 spiro atoms. The minimum atomic E-state index is -3.66. The number of hydrogen-bond acceptors (Lipinski definition) is 5. The summed E-state index contributed by atoms with van der Waals surface area (Å²) in [5.74, 6) is 0.0857. The molecule has 10 heteroatoms. The molecule has 2 heterocycles. The van der Waals surface area contributed by atoms with Crippen LogP contribution in [0.2, 0.25) is 0 Å². The molecule has 7 nitrogen and oxygen atoms in total. The van der Waals surface area contributed by atoms with Crippen LogP contribution in [0.5, 0.6) is 5.75 Å². The number of rotatable bonds is 4. The lowest BCUT2D eigenvalue weighted by Gasteiger charge is -2.20. The highest BCUT2D eigenvalue weighted by molar-refractivity contribution is 9.10. The smallest absolute Gasteiger partial charge is 0.262 e. The van der Waals surface area contributed by atoms with E-state index >= 15 is 0 Å². The number of hydrogen-bond donors (Lipinski definition) is 3. The summed E-state index contributed by atoms with van der Waals surface area (Å²) in [4.78, 5) is 11.4. The molecule has 1 unspecified atom stereocenters. The molecular weight excluding hydrogens is 410 g/mol. The van der Waals surface area contributed by atoms with Crippen molar-refractivity contribution in [3.8, 4) is 5.75 Å². The van der Waals surface area contributed by atoms with Gasteiger partial charge in [0, 0.05) is 23.1 Å². The van der Waals surface area contributed by atoms with Crippen molar-refractivity contribution in [2.45, 2.75) is 23.8 Å². The maximum atomic E-state index is 12.4. The normalized spacial score (nSPS) is 20.2. The van der Waals surface area contributed by atoms with E-state index in [9.17, 15) is 13.2 Å². The van der Waals surface area contributed by atoms with Crippen LogP contribution in [0.3, 0.4) is 0 Å². The summed E-state index contributed by atoms with van der Waals surface area (Å²) in [6.07, 6.45) is 2.02. The van der Waals surface area contributed by atoms with Crippen molar-refractivity contribution >= 4 is 50.0 Å². The first-order valence-electron chi connectivity index (χ1n) is 6.95. The van der Waals surface area contributed by atoms with Gasteiger partial charge in [0.25, 0.3) is 5.91 Å². The fourth-order valence-corrected chi connectivity index (χ4v) is 4.64. The Balaban J connectivity index is 0.00000192. The Morgan fingerprint density at radius 2 is 2.17 bits per heavy atom. The van der Waals surface area contributed by atoms with Gasteiger partial charge in [-0.15, -0.1) is 12.4 Å². The average molecular weight is 427 g/mol. The topological polar surface area (TPSA) is 96.5 Å². The van der Waals surface area contributed by atoms with Gasteiger partial charge in [0.2, 0.25) is 10.0 Å². The maximum Gasteiger partial charge on any atom is 0.262 e. The van der Waals surface area contributed by atoms with Crippen LogP contribution in [-0.4, -0.2) is 40.1 Å². The highest BCUT2D eigenvalue weighted by atomic mass is 79.9. The van der Waals surface area contributed by atoms with Gasteiger partial charge in [-0.3, -0.25) is 4.79 Å². The Labute approximate surface area is 149 Å². The highest BCUT2D eigenvalue weighted by Crippen LogP contribution is 2.35. The minimum absolute atomic E-state index is 0. The van der Waals surface area contributed by atoms with E-state index in [4.69, 9.17) is 4.74 Å². The molecule has 1 saturated heterocycles. The monoisotopic (exact) mass is 425 g/mol. The molecule has 0 saturated carbocycles. The van der Waals surface area contributed by atoms with Crippen LogP contribution in [0.1, 0.15) is 12.8 Å². The molecule has 1 aromatic carbocycles. The molecule has 3 rings (SSSR count). The molecule has 23 heavy (non-hydrogen) atoms. The van der Waals surface area contributed by atoms with Crippen molar-refractivity contribution in [1.29, 1.82) is 0 Å². The number of amides is 1. The lowest BCUT2D eigenvalue weighted by Crippen LogP contribution is -2.37. The van der Waals surface area contributed by atoms with Crippen LogP contribution in [0.15, 0.2) is 21.5 Å². The standard InChI is InChI=1S/C13H16BrN3O4S.ClH/c14-9-4-10-11(21-7-13(18)17-10)5-12(9)22(19,20)16-6-8-2-1-3-15-8;/h4-5,8,15-16H,1-3,6-7H2,(H,17,18);1H. The molecule has 2 aliphatic heterocycles. The number of nitrogens with one attached hydrogen (secondary N) is 3. The van der Waals surface area contributed by atoms with Gasteiger partial charge in [-0.1, -0.05) is 0 Å². The second-order valence-electron chi connectivity index (χ2n) is 5.26. The Morgan fingerprint density at radius 1 is 1.39 bits per heavy atom. The summed E-state index contributed by atoms with van der Waals surface area (Å²) >= 11 is 3.24. The number of carbonyl (C=O) groups is 1. The lowest BCUT2D eigenvalue weighted by molar-refractivity contribution is -0.118. The summed E-state index contributed by atoms with van der Waals surface area (Å²) in [6, 6.07) is 3.12. The fraction of sp³-hybridized carbons (Fsp3) is 0.462. The number of halogens is 2. The van der Waals surface area contributed by atoms with Gasteiger partial charge in [0.1, 0.15) is 5.75 Å². The zero-order valence-electron chi connectivity index (χ0n) is 12.1. The summed E-state index contributed by atoms with van der Waals surface area (Å²) in [6.45, 7) is 1.15. The van der Waals surface area contributed by atoms with Gasteiger partial charge in [-0.2, -0.15) is 0 Å². The van der Waals surface area contributed by atoms with Crippen LogP contribution >= 0.6 is 28.3 Å². The molecule has 1 amide bonds. The van der Waals surface area contributed by atoms with Crippen molar-refractivity contribution in [3.05, 3.63) is 16.6 Å². The van der Waals surface area contributed by atoms with Crippen LogP contribution in [0.25, 0.3) is 0 Å². The number of carbonyl (C=O) groups excluding carboxylic acids is 1. The van der Waals surface area contributed by atoms with Gasteiger partial charge in [0.15, 0.2) is 6.61 Å². The average Bonchev–Trinajstić information content (AvgIpc) is 2.97. The Morgan fingerprint density at radius 3 is 2.87 bits per heavy atom. The second-order valence-corrected chi connectivity index (χ2v) is 7.85. The molecule has 3 N–H and O–H groups in total. The van der Waals surface area contributed by atoms with Crippen molar-refractivity contribution in [1.82, 2.24) is 10.0 Å². The van der Waals surface area contributed by atoms with Crippen LogP contribution in [0, 0.1) is 0 Å². The predicted octanol–water partition coefficient (Wildman–Crippen LogP) is 1.23. The first-order chi connectivity index (χ1) is 10.5. The first-order valence-corrected chi connectivity index (χ1v) is 9.22. The first kappa shape index (κ1) is 18.5. The third-order valence-corrected chi connectivity index (χ3v) is 6.02. The zero-order valence-corrected chi connectivity index (χ0v) is 15.3. The number of fused-ring (bicyclic) bond motifs is 1. The molecule has 0 aromatic heterocycles. The van der Waals surface area contributed by atoms with E-state index in [2.05, 4.69) is 31.3 Å². The molecule has 2 aliphatic rings. The minimum Gasteiger partial charge on any atom is -0.482 e. The summed E-state index contributed by atoms with van der Waals surface area (Å²) in [5.41, 5.74) is 0.458. The van der Waals surface area contributed by atoms with E-state index in [0.717, 1.165) is 19.4 Å². The van der Waals surface area contributed by atoms with Gasteiger partial charge in [0.05, 0.1) is 10.6 Å². The summed E-state index contributed by atoms with van der Waals surface area (Å²) in [5, 5.41) is 5.88. The second kappa shape index (κ2) is 7.35. The lowest BCUT2D eigenvalue weighted by atomic mass is 10.2. The molecule has 0 aliphatic carbocycles. The van der Waals surface area contributed by atoms with Crippen LogP contribution in [-0.2, 0) is 14.8 Å². The third kappa shape index (κ3) is 4.16. The third-order valence-electron chi connectivity index (χ3n) is 3.64. The summed E-state index contributed by atoms with van der Waals surface area (Å²) in [7, 11) is -3.66. The van der Waals surface area contributed by atoms with Crippen molar-refractivity contribution in [3.63, 3.8) is 0 Å². The molecular formula is C13H17BrClN3O4S. The number of sulfonamides is 1. The Kier molecular flexibility index (Phi) is 5.90. The summed E-state index contributed by atoms with van der Waals surface area (Å²) < 4.78 is 33.2. The number of ether oxygens (including phenoxy) is 1. The maximum absolute atomic E-state index is 12.4. The van der Waals surface area contributed by atoms with E-state index in [-0.39, 0.29) is 35.9 Å². The van der Waals surface area contributed by atoms with Crippen LogP contribution in [0.4, 0.5) is 5.69 Å². The number of anilines is 1. The Hall–Kier alpha value is -0.870. The molecule has 1 aromatic rings. The van der Waals surface area contributed by atoms with E-state index < -0.39 is 10.0 Å². The molecule has 128 valence electrons. The van der Waals surface area contributed by atoms with Crippen molar-refractivity contribution < 1.29 is 17.9 Å². The molecule has 1 atom stereocenters. The largest absolute Gasteiger partial charge is 0.482 e. The van der Waals surface area contributed by atoms with Crippen molar-refractivity contribution in [2.24, 2.45) is 0 Å². The molecule has 1 fully saturated rings. The van der Waals surface area contributed by atoms with Gasteiger partial charge in [-0.25, -0.2) is 13.1 Å². The SMILES string of the molecule is Cl.O=C1COc2cc(S(=O)(=O)NCC3CCCN3)c(Br)cc2N1.